The lowest BCUT2D eigenvalue weighted by molar-refractivity contribution is 0.595. The molecule has 0 amide bonds. The number of H-pyrrole nitrogens is 1. The van der Waals surface area contributed by atoms with E-state index >= 15 is 0 Å². The smallest absolute Gasteiger partial charge is 0.234 e. The first-order valence-corrected chi connectivity index (χ1v) is 6.98. The molecule has 6 heteroatoms. The van der Waals surface area contributed by atoms with E-state index in [-0.39, 0.29) is 5.75 Å². The average Bonchev–Trinajstić information content (AvgIpc) is 2.66. The first kappa shape index (κ1) is 11.9. The minimum absolute atomic E-state index is 0.0868. The van der Waals surface area contributed by atoms with Crippen molar-refractivity contribution in [3.05, 3.63) is 24.0 Å². The summed E-state index contributed by atoms with van der Waals surface area (Å²) in [5.41, 5.74) is 2.33. The second-order valence-corrected chi connectivity index (χ2v) is 6.18. The van der Waals surface area contributed by atoms with Crippen molar-refractivity contribution < 1.29 is 8.42 Å². The summed E-state index contributed by atoms with van der Waals surface area (Å²) in [5, 5.41) is 0. The molecule has 0 radical (unpaired) electrons. The van der Waals surface area contributed by atoms with E-state index in [0.717, 1.165) is 16.9 Å². The highest BCUT2D eigenvalue weighted by molar-refractivity contribution is 7.92. The number of rotatable bonds is 3. The molecular formula is C11H15N3O2S. The summed E-state index contributed by atoms with van der Waals surface area (Å²) in [7, 11) is -1.66. The van der Waals surface area contributed by atoms with Gasteiger partial charge in [0.25, 0.3) is 0 Å². The number of fused-ring (bicyclic) bond motifs is 1. The standard InChI is InChI=1S/C11H15N3O2S/c1-4-17(15,16)14(3)9-5-6-10-11(7-9)13-8(2)12-10/h5-7H,4H2,1-3H3,(H,12,13). The molecule has 5 nitrogen and oxygen atoms in total. The van der Waals surface area contributed by atoms with Crippen LogP contribution in [-0.2, 0) is 10.0 Å². The van der Waals surface area contributed by atoms with Gasteiger partial charge in [-0.3, -0.25) is 4.31 Å². The Hall–Kier alpha value is -1.56. The number of nitrogens with one attached hydrogen (secondary N) is 1. The third-order valence-electron chi connectivity index (χ3n) is 2.73. The van der Waals surface area contributed by atoms with Crippen molar-refractivity contribution in [2.45, 2.75) is 13.8 Å². The molecule has 0 bridgehead atoms. The summed E-state index contributed by atoms with van der Waals surface area (Å²) in [6.45, 7) is 3.50. The van der Waals surface area contributed by atoms with Crippen LogP contribution in [0.15, 0.2) is 18.2 Å². The van der Waals surface area contributed by atoms with Crippen molar-refractivity contribution in [2.24, 2.45) is 0 Å². The lowest BCUT2D eigenvalue weighted by Gasteiger charge is -2.18. The second kappa shape index (κ2) is 4.03. The number of sulfonamides is 1. The molecule has 0 saturated carbocycles. The number of aryl methyl sites for hydroxylation is 1. The minimum Gasteiger partial charge on any atom is -0.342 e. The lowest BCUT2D eigenvalue weighted by atomic mass is 10.3. The fraction of sp³-hybridized carbons (Fsp3) is 0.364. The van der Waals surface area contributed by atoms with E-state index < -0.39 is 10.0 Å². The molecule has 0 saturated heterocycles. The Morgan fingerprint density at radius 3 is 2.76 bits per heavy atom. The maximum atomic E-state index is 11.7. The van der Waals surface area contributed by atoms with Crippen LogP contribution in [0, 0.1) is 6.92 Å². The van der Waals surface area contributed by atoms with Crippen LogP contribution < -0.4 is 4.31 Å². The van der Waals surface area contributed by atoms with Crippen molar-refractivity contribution in [1.82, 2.24) is 9.97 Å². The third kappa shape index (κ3) is 2.12. The van der Waals surface area contributed by atoms with E-state index in [1.54, 1.807) is 26.1 Å². The van der Waals surface area contributed by atoms with Crippen LogP contribution in [0.3, 0.4) is 0 Å². The summed E-state index contributed by atoms with van der Waals surface area (Å²) >= 11 is 0. The van der Waals surface area contributed by atoms with Gasteiger partial charge in [0, 0.05) is 7.05 Å². The zero-order valence-electron chi connectivity index (χ0n) is 10.1. The van der Waals surface area contributed by atoms with Gasteiger partial charge in [-0.2, -0.15) is 0 Å². The molecule has 1 aromatic heterocycles. The monoisotopic (exact) mass is 253 g/mol. The number of benzene rings is 1. The van der Waals surface area contributed by atoms with E-state index in [2.05, 4.69) is 9.97 Å². The maximum Gasteiger partial charge on any atom is 0.234 e. The van der Waals surface area contributed by atoms with Crippen molar-refractivity contribution in [1.29, 1.82) is 0 Å². The number of hydrogen-bond acceptors (Lipinski definition) is 3. The molecule has 0 aliphatic heterocycles. The van der Waals surface area contributed by atoms with E-state index in [4.69, 9.17) is 0 Å². The molecule has 0 aliphatic carbocycles. The summed E-state index contributed by atoms with van der Waals surface area (Å²) in [5.74, 6) is 0.905. The number of imidazole rings is 1. The lowest BCUT2D eigenvalue weighted by Crippen LogP contribution is -2.27. The molecule has 2 rings (SSSR count). The van der Waals surface area contributed by atoms with Gasteiger partial charge in [0.15, 0.2) is 0 Å². The third-order valence-corrected chi connectivity index (χ3v) is 4.50. The summed E-state index contributed by atoms with van der Waals surface area (Å²) in [4.78, 5) is 7.36. The molecule has 0 atom stereocenters. The first-order valence-electron chi connectivity index (χ1n) is 5.37. The van der Waals surface area contributed by atoms with Crippen LogP contribution in [0.4, 0.5) is 5.69 Å². The number of hydrogen-bond donors (Lipinski definition) is 1. The van der Waals surface area contributed by atoms with Crippen LogP contribution in [0.5, 0.6) is 0 Å². The van der Waals surface area contributed by atoms with Crippen molar-refractivity contribution in [3.8, 4) is 0 Å². The van der Waals surface area contributed by atoms with E-state index in [1.165, 1.54) is 4.31 Å². The van der Waals surface area contributed by atoms with Gasteiger partial charge in [0.2, 0.25) is 10.0 Å². The quantitative estimate of drug-likeness (QED) is 0.904. The normalized spacial score (nSPS) is 11.9. The Labute approximate surface area is 101 Å². The van der Waals surface area contributed by atoms with Gasteiger partial charge in [-0.25, -0.2) is 13.4 Å². The largest absolute Gasteiger partial charge is 0.342 e. The van der Waals surface area contributed by atoms with Gasteiger partial charge in [0.1, 0.15) is 5.82 Å². The number of aromatic amines is 1. The molecule has 92 valence electrons. The fourth-order valence-electron chi connectivity index (χ4n) is 1.68. The van der Waals surface area contributed by atoms with Crippen LogP contribution in [0.1, 0.15) is 12.7 Å². The van der Waals surface area contributed by atoms with E-state index in [9.17, 15) is 8.42 Å². The van der Waals surface area contributed by atoms with Crippen molar-refractivity contribution in [3.63, 3.8) is 0 Å². The Balaban J connectivity index is 2.49. The van der Waals surface area contributed by atoms with Gasteiger partial charge >= 0.3 is 0 Å². The van der Waals surface area contributed by atoms with Crippen molar-refractivity contribution in [2.75, 3.05) is 17.1 Å². The minimum atomic E-state index is -3.21. The second-order valence-electron chi connectivity index (χ2n) is 3.89. The maximum absolute atomic E-state index is 11.7. The van der Waals surface area contributed by atoms with Crippen LogP contribution in [0.25, 0.3) is 11.0 Å². The van der Waals surface area contributed by atoms with Crippen molar-refractivity contribution >= 4 is 26.7 Å². The highest BCUT2D eigenvalue weighted by Crippen LogP contribution is 2.21. The molecule has 1 aromatic carbocycles. The highest BCUT2D eigenvalue weighted by Gasteiger charge is 2.16. The van der Waals surface area contributed by atoms with Gasteiger partial charge < -0.3 is 4.98 Å². The summed E-state index contributed by atoms with van der Waals surface area (Å²) in [6.07, 6.45) is 0. The average molecular weight is 253 g/mol. The SMILES string of the molecule is CCS(=O)(=O)N(C)c1ccc2nc(C)[nH]c2c1. The molecular weight excluding hydrogens is 238 g/mol. The van der Waals surface area contributed by atoms with Crippen LogP contribution in [-0.4, -0.2) is 31.2 Å². The van der Waals surface area contributed by atoms with Crippen LogP contribution in [0.2, 0.25) is 0 Å². The number of anilines is 1. The van der Waals surface area contributed by atoms with E-state index in [0.29, 0.717) is 5.69 Å². The zero-order valence-corrected chi connectivity index (χ0v) is 10.9. The van der Waals surface area contributed by atoms with Gasteiger partial charge in [-0.1, -0.05) is 0 Å². The highest BCUT2D eigenvalue weighted by atomic mass is 32.2. The van der Waals surface area contributed by atoms with E-state index in [1.807, 2.05) is 13.0 Å². The zero-order chi connectivity index (χ0) is 12.6. The molecule has 2 aromatic rings. The topological polar surface area (TPSA) is 66.1 Å². The molecule has 0 fully saturated rings. The molecule has 1 N–H and O–H groups in total. The summed E-state index contributed by atoms with van der Waals surface area (Å²) in [6, 6.07) is 5.37. The molecule has 1 heterocycles. The van der Waals surface area contributed by atoms with Gasteiger partial charge in [0.05, 0.1) is 22.5 Å². The number of aromatic nitrogens is 2. The van der Waals surface area contributed by atoms with Gasteiger partial charge in [-0.05, 0) is 32.0 Å². The van der Waals surface area contributed by atoms with Gasteiger partial charge in [-0.15, -0.1) is 0 Å². The first-order chi connectivity index (χ1) is 7.94. The Morgan fingerprint density at radius 2 is 2.12 bits per heavy atom. The predicted molar refractivity (Wildman–Crippen MR) is 68.7 cm³/mol. The predicted octanol–water partition coefficient (Wildman–Crippen LogP) is 1.66. The van der Waals surface area contributed by atoms with Crippen LogP contribution >= 0.6 is 0 Å². The summed E-state index contributed by atoms with van der Waals surface area (Å²) < 4.78 is 24.8. The molecule has 0 unspecified atom stereocenters. The fourth-order valence-corrected chi connectivity index (χ4v) is 2.50. The Morgan fingerprint density at radius 1 is 1.41 bits per heavy atom. The Kier molecular flexibility index (Phi) is 2.82. The molecule has 0 aliphatic rings. The Bertz CT molecular complexity index is 646. The molecule has 0 spiro atoms. The molecule has 17 heavy (non-hydrogen) atoms. The number of nitrogens with zero attached hydrogens (tertiary/aromatic N) is 2.